The summed E-state index contributed by atoms with van der Waals surface area (Å²) < 4.78 is 29.1. The van der Waals surface area contributed by atoms with Crippen LogP contribution in [0.2, 0.25) is 0 Å². The van der Waals surface area contributed by atoms with Crippen LogP contribution < -0.4 is 10.0 Å². The van der Waals surface area contributed by atoms with Crippen LogP contribution in [-0.2, 0) is 10.0 Å². The second-order valence-electron chi connectivity index (χ2n) is 9.02. The van der Waals surface area contributed by atoms with Gasteiger partial charge in [0, 0.05) is 12.1 Å². The summed E-state index contributed by atoms with van der Waals surface area (Å²) in [6.07, 6.45) is 8.53. The van der Waals surface area contributed by atoms with Gasteiger partial charge < -0.3 is 10.4 Å². The Morgan fingerprint density at radius 1 is 1.00 bits per heavy atom. The number of benzene rings is 1. The van der Waals surface area contributed by atoms with Crippen molar-refractivity contribution in [3.63, 3.8) is 0 Å². The van der Waals surface area contributed by atoms with E-state index in [0.717, 1.165) is 26.8 Å². The third-order valence-corrected chi connectivity index (χ3v) is 9.29. The number of aryl methyl sites for hydroxylation is 2. The lowest BCUT2D eigenvalue weighted by molar-refractivity contribution is 0.120. The third-order valence-electron chi connectivity index (χ3n) is 6.49. The van der Waals surface area contributed by atoms with Crippen molar-refractivity contribution < 1.29 is 13.5 Å². The van der Waals surface area contributed by atoms with Crippen LogP contribution in [0, 0.1) is 13.8 Å². The Morgan fingerprint density at radius 2 is 1.71 bits per heavy atom. The summed E-state index contributed by atoms with van der Waals surface area (Å²) in [5, 5.41) is 14.2. The van der Waals surface area contributed by atoms with Gasteiger partial charge in [0.15, 0.2) is 5.13 Å². The molecule has 2 saturated carbocycles. The number of hydrogen-bond acceptors (Lipinski definition) is 6. The lowest BCUT2D eigenvalue weighted by atomic mass is 9.94. The van der Waals surface area contributed by atoms with E-state index < -0.39 is 10.0 Å². The van der Waals surface area contributed by atoms with Crippen molar-refractivity contribution >= 4 is 26.5 Å². The molecule has 0 saturated heterocycles. The number of thiazole rings is 1. The van der Waals surface area contributed by atoms with Crippen molar-refractivity contribution in [2.24, 2.45) is 0 Å². The molecule has 170 valence electrons. The van der Waals surface area contributed by atoms with Crippen molar-refractivity contribution in [2.45, 2.75) is 94.7 Å². The highest BCUT2D eigenvalue weighted by atomic mass is 32.2. The summed E-state index contributed by atoms with van der Waals surface area (Å²) in [5.41, 5.74) is 2.54. The van der Waals surface area contributed by atoms with Gasteiger partial charge in [-0.25, -0.2) is 18.1 Å². The number of hydrogen-bond donors (Lipinski definition) is 3. The normalized spacial score (nSPS) is 23.1. The van der Waals surface area contributed by atoms with Crippen LogP contribution in [0.25, 0.3) is 10.4 Å². The molecule has 3 N–H and O–H groups in total. The molecule has 1 heterocycles. The van der Waals surface area contributed by atoms with E-state index in [1.165, 1.54) is 32.1 Å². The summed E-state index contributed by atoms with van der Waals surface area (Å²) in [6.45, 7) is 3.82. The quantitative estimate of drug-likeness (QED) is 0.575. The predicted molar refractivity (Wildman–Crippen MR) is 126 cm³/mol. The van der Waals surface area contributed by atoms with Crippen molar-refractivity contribution in [1.82, 2.24) is 9.71 Å². The molecule has 8 heteroatoms. The van der Waals surface area contributed by atoms with E-state index in [-0.39, 0.29) is 12.1 Å². The van der Waals surface area contributed by atoms with Gasteiger partial charge in [-0.1, -0.05) is 42.7 Å². The average Bonchev–Trinajstić information content (AvgIpc) is 3.10. The summed E-state index contributed by atoms with van der Waals surface area (Å²) in [6, 6.07) is 6.01. The summed E-state index contributed by atoms with van der Waals surface area (Å²) in [5.74, 6) is 0. The van der Waals surface area contributed by atoms with Gasteiger partial charge in [0.05, 0.1) is 21.6 Å². The molecule has 0 aliphatic heterocycles. The zero-order chi connectivity index (χ0) is 22.0. The topological polar surface area (TPSA) is 91.3 Å². The highest BCUT2D eigenvalue weighted by Crippen LogP contribution is 2.36. The first-order valence-corrected chi connectivity index (χ1v) is 13.7. The van der Waals surface area contributed by atoms with Crippen LogP contribution in [0.1, 0.15) is 69.0 Å². The van der Waals surface area contributed by atoms with E-state index in [1.807, 2.05) is 26.0 Å². The summed E-state index contributed by atoms with van der Waals surface area (Å²) in [7, 11) is -3.63. The van der Waals surface area contributed by atoms with Gasteiger partial charge >= 0.3 is 0 Å². The fourth-order valence-corrected chi connectivity index (χ4v) is 7.27. The fraction of sp³-hybridized carbons (Fsp3) is 0.609. The Kier molecular flexibility index (Phi) is 7.01. The molecule has 0 atom stereocenters. The van der Waals surface area contributed by atoms with Crippen molar-refractivity contribution in [2.75, 3.05) is 5.32 Å². The van der Waals surface area contributed by atoms with Gasteiger partial charge in [-0.05, 0) is 69.6 Å². The van der Waals surface area contributed by atoms with Gasteiger partial charge in [-0.3, -0.25) is 0 Å². The smallest absolute Gasteiger partial charge is 0.241 e. The maximum atomic E-state index is 13.1. The zero-order valence-corrected chi connectivity index (χ0v) is 20.0. The van der Waals surface area contributed by atoms with E-state index in [4.69, 9.17) is 4.98 Å². The van der Waals surface area contributed by atoms with E-state index in [1.54, 1.807) is 17.4 Å². The molecule has 4 rings (SSSR count). The van der Waals surface area contributed by atoms with Gasteiger partial charge in [0.25, 0.3) is 0 Å². The molecule has 2 aliphatic rings. The largest absolute Gasteiger partial charge is 0.393 e. The minimum Gasteiger partial charge on any atom is -0.393 e. The van der Waals surface area contributed by atoms with Crippen LogP contribution in [0.3, 0.4) is 0 Å². The fourth-order valence-electron chi connectivity index (χ4n) is 4.65. The first kappa shape index (κ1) is 22.7. The molecular weight excluding hydrogens is 430 g/mol. The lowest BCUT2D eigenvalue weighted by Gasteiger charge is -2.26. The minimum absolute atomic E-state index is 0.118. The number of nitrogens with zero attached hydrogens (tertiary/aromatic N) is 1. The first-order chi connectivity index (χ1) is 14.8. The third kappa shape index (κ3) is 5.48. The van der Waals surface area contributed by atoms with Crippen LogP contribution in [0.15, 0.2) is 23.1 Å². The highest BCUT2D eigenvalue weighted by Gasteiger charge is 2.26. The van der Waals surface area contributed by atoms with Gasteiger partial charge in [0.2, 0.25) is 10.0 Å². The van der Waals surface area contributed by atoms with Gasteiger partial charge in [-0.2, -0.15) is 0 Å². The molecule has 0 radical (unpaired) electrons. The number of aromatic nitrogens is 1. The molecular formula is C23H33N3O3S2. The standard InChI is InChI=1S/C23H33N3O3S2/c1-15-8-9-17(14-21(15)31(28,29)26-19-10-12-20(27)13-11-19)22-16(2)24-23(30-22)25-18-6-4-3-5-7-18/h8-9,14,18-20,26-27H,3-7,10-13H2,1-2H3,(H,24,25). The zero-order valence-electron chi connectivity index (χ0n) is 18.4. The van der Waals surface area contributed by atoms with Crippen molar-refractivity contribution in [3.8, 4) is 10.4 Å². The van der Waals surface area contributed by atoms with Crippen LogP contribution in [0.5, 0.6) is 0 Å². The van der Waals surface area contributed by atoms with E-state index in [0.29, 0.717) is 36.6 Å². The number of rotatable bonds is 6. The monoisotopic (exact) mass is 463 g/mol. The lowest BCUT2D eigenvalue weighted by Crippen LogP contribution is -2.38. The van der Waals surface area contributed by atoms with Crippen molar-refractivity contribution in [1.29, 1.82) is 0 Å². The number of aliphatic hydroxyl groups excluding tert-OH is 1. The summed E-state index contributed by atoms with van der Waals surface area (Å²) >= 11 is 1.60. The second kappa shape index (κ2) is 9.57. The Labute approximate surface area is 189 Å². The van der Waals surface area contributed by atoms with Crippen LogP contribution in [-0.4, -0.2) is 36.7 Å². The molecule has 2 aliphatic carbocycles. The summed E-state index contributed by atoms with van der Waals surface area (Å²) in [4.78, 5) is 6.05. The molecule has 0 spiro atoms. The Bertz CT molecular complexity index is 1010. The predicted octanol–water partition coefficient (Wildman–Crippen LogP) is 4.75. The number of nitrogens with one attached hydrogen (secondary N) is 2. The van der Waals surface area contributed by atoms with Crippen LogP contribution in [0.4, 0.5) is 5.13 Å². The minimum atomic E-state index is -3.63. The molecule has 0 bridgehead atoms. The maximum Gasteiger partial charge on any atom is 0.241 e. The Balaban J connectivity index is 1.54. The maximum absolute atomic E-state index is 13.1. The Hall–Kier alpha value is -1.48. The first-order valence-electron chi connectivity index (χ1n) is 11.4. The number of sulfonamides is 1. The van der Waals surface area contributed by atoms with Crippen molar-refractivity contribution in [3.05, 3.63) is 29.5 Å². The second-order valence-corrected chi connectivity index (χ2v) is 11.7. The number of anilines is 1. The average molecular weight is 464 g/mol. The molecule has 6 nitrogen and oxygen atoms in total. The van der Waals surface area contributed by atoms with Gasteiger partial charge in [0.1, 0.15) is 0 Å². The molecule has 0 unspecified atom stereocenters. The van der Waals surface area contributed by atoms with E-state index in [2.05, 4.69) is 10.0 Å². The number of aliphatic hydroxyl groups is 1. The molecule has 0 amide bonds. The molecule has 2 fully saturated rings. The van der Waals surface area contributed by atoms with E-state index >= 15 is 0 Å². The Morgan fingerprint density at radius 3 is 2.42 bits per heavy atom. The van der Waals surface area contributed by atoms with Gasteiger partial charge in [-0.15, -0.1) is 0 Å². The van der Waals surface area contributed by atoms with Crippen LogP contribution >= 0.6 is 11.3 Å². The molecule has 1 aromatic heterocycles. The molecule has 31 heavy (non-hydrogen) atoms. The highest BCUT2D eigenvalue weighted by molar-refractivity contribution is 7.89. The molecule has 2 aromatic rings. The van der Waals surface area contributed by atoms with E-state index in [9.17, 15) is 13.5 Å². The molecule has 1 aromatic carbocycles. The SMILES string of the molecule is Cc1ccc(-c2sc(NC3CCCCC3)nc2C)cc1S(=O)(=O)NC1CCC(O)CC1.